The van der Waals surface area contributed by atoms with Gasteiger partial charge in [0, 0.05) is 18.2 Å². The highest BCUT2D eigenvalue weighted by Crippen LogP contribution is 2.33. The molecule has 0 saturated carbocycles. The Morgan fingerprint density at radius 3 is 2.54 bits per heavy atom. The number of benzene rings is 2. The largest absolute Gasteiger partial charge is 0.490 e. The van der Waals surface area contributed by atoms with Gasteiger partial charge in [0.05, 0.1) is 13.2 Å². The van der Waals surface area contributed by atoms with Crippen molar-refractivity contribution in [2.24, 2.45) is 0 Å². The lowest BCUT2D eigenvalue weighted by atomic mass is 10.2. The van der Waals surface area contributed by atoms with Crippen LogP contribution in [0.1, 0.15) is 6.42 Å². The maximum absolute atomic E-state index is 12.4. The Morgan fingerprint density at radius 1 is 0.917 bits per heavy atom. The molecule has 2 aliphatic rings. The summed E-state index contributed by atoms with van der Waals surface area (Å²) < 4.78 is 22.5. The first kappa shape index (κ1) is 14.7. The summed E-state index contributed by atoms with van der Waals surface area (Å²) in [5.74, 6) is 2.28. The third kappa shape index (κ3) is 2.95. The fourth-order valence-corrected chi connectivity index (χ4v) is 2.61. The van der Waals surface area contributed by atoms with Crippen molar-refractivity contribution in [3.05, 3.63) is 42.5 Å². The number of hydrogen-bond acceptors (Lipinski definition) is 5. The van der Waals surface area contributed by atoms with Crippen LogP contribution in [0.5, 0.6) is 23.0 Å². The van der Waals surface area contributed by atoms with Crippen molar-refractivity contribution in [1.29, 1.82) is 0 Å². The Labute approximate surface area is 139 Å². The number of rotatable bonds is 2. The van der Waals surface area contributed by atoms with Crippen LogP contribution in [0.2, 0.25) is 0 Å². The SMILES string of the molecule is O=C(Nc1ccc2c(c1)OCCCO2)[C@H]1COc2ccccc2O1. The number of hydrogen-bond donors (Lipinski definition) is 1. The first-order valence-corrected chi connectivity index (χ1v) is 7.88. The summed E-state index contributed by atoms with van der Waals surface area (Å²) in [6.45, 7) is 1.40. The molecule has 0 aliphatic carbocycles. The quantitative estimate of drug-likeness (QED) is 0.918. The van der Waals surface area contributed by atoms with Gasteiger partial charge in [-0.2, -0.15) is 0 Å². The average molecular weight is 327 g/mol. The average Bonchev–Trinajstić information content (AvgIpc) is 2.86. The van der Waals surface area contributed by atoms with Gasteiger partial charge in [0.1, 0.15) is 6.61 Å². The maximum atomic E-state index is 12.4. The van der Waals surface area contributed by atoms with Crippen LogP contribution < -0.4 is 24.3 Å². The van der Waals surface area contributed by atoms with E-state index in [1.54, 1.807) is 24.3 Å². The van der Waals surface area contributed by atoms with Gasteiger partial charge in [0.15, 0.2) is 23.0 Å². The molecule has 0 spiro atoms. The second kappa shape index (κ2) is 6.31. The lowest BCUT2D eigenvalue weighted by Crippen LogP contribution is -2.40. The zero-order chi connectivity index (χ0) is 16.4. The molecule has 2 aromatic carbocycles. The zero-order valence-electron chi connectivity index (χ0n) is 13.0. The van der Waals surface area contributed by atoms with E-state index in [0.717, 1.165) is 6.42 Å². The van der Waals surface area contributed by atoms with Crippen LogP contribution in [0.3, 0.4) is 0 Å². The minimum Gasteiger partial charge on any atom is -0.490 e. The molecular weight excluding hydrogens is 310 g/mol. The summed E-state index contributed by atoms with van der Waals surface area (Å²) >= 11 is 0. The minimum absolute atomic E-state index is 0.174. The fraction of sp³-hybridized carbons (Fsp3) is 0.278. The van der Waals surface area contributed by atoms with E-state index < -0.39 is 6.10 Å². The van der Waals surface area contributed by atoms with Gasteiger partial charge in [-0.1, -0.05) is 12.1 Å². The van der Waals surface area contributed by atoms with Crippen LogP contribution in [0, 0.1) is 0 Å². The van der Waals surface area contributed by atoms with Gasteiger partial charge >= 0.3 is 0 Å². The molecule has 24 heavy (non-hydrogen) atoms. The smallest absolute Gasteiger partial charge is 0.269 e. The molecule has 6 nitrogen and oxygen atoms in total. The van der Waals surface area contributed by atoms with Gasteiger partial charge < -0.3 is 24.3 Å². The molecule has 0 bridgehead atoms. The molecule has 1 N–H and O–H groups in total. The molecule has 0 aromatic heterocycles. The Bertz CT molecular complexity index is 761. The number of carbonyl (C=O) groups is 1. The molecule has 2 aromatic rings. The molecule has 0 fully saturated rings. The molecule has 4 rings (SSSR count). The highest BCUT2D eigenvalue weighted by Gasteiger charge is 2.27. The second-order valence-electron chi connectivity index (χ2n) is 5.57. The van der Waals surface area contributed by atoms with E-state index in [9.17, 15) is 4.79 Å². The zero-order valence-corrected chi connectivity index (χ0v) is 13.0. The molecule has 6 heteroatoms. The highest BCUT2D eigenvalue weighted by atomic mass is 16.6. The van der Waals surface area contributed by atoms with Gasteiger partial charge in [-0.15, -0.1) is 0 Å². The Hall–Kier alpha value is -2.89. The van der Waals surface area contributed by atoms with E-state index in [0.29, 0.717) is 41.9 Å². The molecule has 0 unspecified atom stereocenters. The minimum atomic E-state index is -0.698. The van der Waals surface area contributed by atoms with Crippen molar-refractivity contribution in [3.8, 4) is 23.0 Å². The fourth-order valence-electron chi connectivity index (χ4n) is 2.61. The van der Waals surface area contributed by atoms with Crippen LogP contribution in [0.4, 0.5) is 5.69 Å². The Morgan fingerprint density at radius 2 is 1.67 bits per heavy atom. The lowest BCUT2D eigenvalue weighted by molar-refractivity contribution is -0.125. The van der Waals surface area contributed by atoms with Crippen molar-refractivity contribution in [2.75, 3.05) is 25.1 Å². The number of amides is 1. The molecule has 1 amide bonds. The van der Waals surface area contributed by atoms with Crippen LogP contribution in [0.15, 0.2) is 42.5 Å². The van der Waals surface area contributed by atoms with Crippen molar-refractivity contribution in [1.82, 2.24) is 0 Å². The first-order valence-electron chi connectivity index (χ1n) is 7.88. The van der Waals surface area contributed by atoms with Crippen molar-refractivity contribution in [3.63, 3.8) is 0 Å². The molecule has 2 aliphatic heterocycles. The summed E-state index contributed by atoms with van der Waals surface area (Å²) in [7, 11) is 0. The molecular formula is C18H17NO5. The third-order valence-corrected chi connectivity index (χ3v) is 3.82. The van der Waals surface area contributed by atoms with Crippen LogP contribution in [0.25, 0.3) is 0 Å². The van der Waals surface area contributed by atoms with Crippen molar-refractivity contribution >= 4 is 11.6 Å². The normalized spacial score (nSPS) is 18.4. The predicted octanol–water partition coefficient (Wildman–Crippen LogP) is 2.63. The third-order valence-electron chi connectivity index (χ3n) is 3.82. The van der Waals surface area contributed by atoms with Gasteiger partial charge in [-0.25, -0.2) is 0 Å². The highest BCUT2D eigenvalue weighted by molar-refractivity contribution is 5.95. The number of anilines is 1. The lowest BCUT2D eigenvalue weighted by Gasteiger charge is -2.25. The Balaban J connectivity index is 1.46. The summed E-state index contributed by atoms with van der Waals surface area (Å²) in [5.41, 5.74) is 0.631. The van der Waals surface area contributed by atoms with Gasteiger partial charge in [0.25, 0.3) is 5.91 Å². The molecule has 1 atom stereocenters. The van der Waals surface area contributed by atoms with Gasteiger partial charge in [-0.05, 0) is 24.3 Å². The molecule has 2 heterocycles. The monoisotopic (exact) mass is 327 g/mol. The summed E-state index contributed by atoms with van der Waals surface area (Å²) in [5, 5.41) is 2.83. The first-order chi connectivity index (χ1) is 11.8. The van der Waals surface area contributed by atoms with Crippen LogP contribution >= 0.6 is 0 Å². The summed E-state index contributed by atoms with van der Waals surface area (Å²) in [6.07, 6.45) is 0.138. The van der Waals surface area contributed by atoms with E-state index in [2.05, 4.69) is 5.32 Å². The number of ether oxygens (including phenoxy) is 4. The van der Waals surface area contributed by atoms with Gasteiger partial charge in [0.2, 0.25) is 6.10 Å². The van der Waals surface area contributed by atoms with E-state index >= 15 is 0 Å². The van der Waals surface area contributed by atoms with Crippen molar-refractivity contribution < 1.29 is 23.7 Å². The predicted molar refractivity (Wildman–Crippen MR) is 87.0 cm³/mol. The van der Waals surface area contributed by atoms with Crippen LogP contribution in [-0.2, 0) is 4.79 Å². The molecule has 0 saturated heterocycles. The van der Waals surface area contributed by atoms with Gasteiger partial charge in [-0.3, -0.25) is 4.79 Å². The number of fused-ring (bicyclic) bond motifs is 2. The summed E-state index contributed by atoms with van der Waals surface area (Å²) in [6, 6.07) is 12.6. The van der Waals surface area contributed by atoms with Crippen molar-refractivity contribution in [2.45, 2.75) is 12.5 Å². The standard InChI is InChI=1S/C18H17NO5/c20-18(17-11-23-13-4-1-2-5-15(13)24-17)19-12-6-7-14-16(10-12)22-9-3-8-21-14/h1-2,4-7,10,17H,3,8-9,11H2,(H,19,20)/t17-/m1/s1. The van der Waals surface area contributed by atoms with E-state index in [4.69, 9.17) is 18.9 Å². The summed E-state index contributed by atoms with van der Waals surface area (Å²) in [4.78, 5) is 12.4. The van der Waals surface area contributed by atoms with E-state index in [1.165, 1.54) is 0 Å². The van der Waals surface area contributed by atoms with E-state index in [1.807, 2.05) is 18.2 Å². The number of carbonyl (C=O) groups excluding carboxylic acids is 1. The van der Waals surface area contributed by atoms with E-state index in [-0.39, 0.29) is 12.5 Å². The Kier molecular flexibility index (Phi) is 3.86. The number of para-hydroxylation sites is 2. The van der Waals surface area contributed by atoms with Crippen LogP contribution in [-0.4, -0.2) is 31.8 Å². The second-order valence-corrected chi connectivity index (χ2v) is 5.57. The topological polar surface area (TPSA) is 66.0 Å². The maximum Gasteiger partial charge on any atom is 0.269 e. The molecule has 124 valence electrons. The molecule has 0 radical (unpaired) electrons. The number of nitrogens with one attached hydrogen (secondary N) is 1.